The minimum atomic E-state index is 0.138. The minimum Gasteiger partial charge on any atom is -0.310 e. The molecule has 254 valence electrons. The van der Waals surface area contributed by atoms with Gasteiger partial charge in [-0.3, -0.25) is 0 Å². The number of fused-ring (bicyclic) bond motifs is 8. The molecule has 0 heterocycles. The molecule has 0 saturated heterocycles. The third kappa shape index (κ3) is 3.85. The molecule has 5 saturated carbocycles. The van der Waals surface area contributed by atoms with Crippen LogP contribution >= 0.6 is 0 Å². The van der Waals surface area contributed by atoms with Gasteiger partial charge in [-0.15, -0.1) is 0 Å². The predicted octanol–water partition coefficient (Wildman–Crippen LogP) is 13.4. The molecule has 7 aliphatic carbocycles. The molecule has 52 heavy (non-hydrogen) atoms. The van der Waals surface area contributed by atoms with Crippen LogP contribution in [-0.4, -0.2) is 0 Å². The Balaban J connectivity index is 1.11. The van der Waals surface area contributed by atoms with E-state index in [9.17, 15) is 0 Å². The van der Waals surface area contributed by atoms with E-state index < -0.39 is 0 Å². The van der Waals surface area contributed by atoms with Crippen molar-refractivity contribution in [3.05, 3.63) is 162 Å². The molecule has 0 radical (unpaired) electrons. The lowest BCUT2D eigenvalue weighted by atomic mass is 9.43. The van der Waals surface area contributed by atoms with E-state index in [1.165, 1.54) is 108 Å². The molecule has 0 aliphatic heterocycles. The first-order valence-corrected chi connectivity index (χ1v) is 20.2. The van der Waals surface area contributed by atoms with Crippen molar-refractivity contribution in [3.63, 3.8) is 0 Å². The van der Waals surface area contributed by atoms with E-state index in [0.717, 1.165) is 23.7 Å². The van der Waals surface area contributed by atoms with Gasteiger partial charge < -0.3 is 4.90 Å². The van der Waals surface area contributed by atoms with Gasteiger partial charge in [0.1, 0.15) is 0 Å². The molecule has 0 atom stereocenters. The third-order valence-electron chi connectivity index (χ3n) is 15.0. The maximum Gasteiger partial charge on any atom is 0.0543 e. The predicted molar refractivity (Wildman–Crippen MR) is 215 cm³/mol. The molecule has 2 spiro atoms. The molecule has 7 aliphatic rings. The van der Waals surface area contributed by atoms with Gasteiger partial charge in [-0.2, -0.15) is 0 Å². The Morgan fingerprint density at radius 3 is 1.85 bits per heavy atom. The van der Waals surface area contributed by atoms with Gasteiger partial charge >= 0.3 is 0 Å². The molecular formula is C51H45N. The van der Waals surface area contributed by atoms with Crippen molar-refractivity contribution >= 4 is 17.1 Å². The molecule has 0 unspecified atom stereocenters. The fraction of sp³-hybridized carbons (Fsp3) is 0.294. The lowest BCUT2D eigenvalue weighted by Gasteiger charge is -2.61. The molecule has 4 bridgehead atoms. The van der Waals surface area contributed by atoms with Crippen LogP contribution in [0.25, 0.3) is 33.4 Å². The topological polar surface area (TPSA) is 3.24 Å². The number of anilines is 3. The number of nitrogens with zero attached hydrogens (tertiary/aromatic N) is 1. The smallest absolute Gasteiger partial charge is 0.0543 e. The zero-order valence-corrected chi connectivity index (χ0v) is 29.9. The van der Waals surface area contributed by atoms with Crippen molar-refractivity contribution < 1.29 is 0 Å². The first-order chi connectivity index (χ1) is 25.7. The highest BCUT2D eigenvalue weighted by Gasteiger charge is 2.62. The van der Waals surface area contributed by atoms with Crippen LogP contribution in [-0.2, 0) is 10.8 Å². The first-order valence-electron chi connectivity index (χ1n) is 20.2. The Kier molecular flexibility index (Phi) is 6.18. The average Bonchev–Trinajstić information content (AvgIpc) is 3.88. The monoisotopic (exact) mass is 671 g/mol. The lowest BCUT2D eigenvalue weighted by Crippen LogP contribution is -2.55. The van der Waals surface area contributed by atoms with Crippen LogP contribution in [0, 0.1) is 23.7 Å². The zero-order valence-electron chi connectivity index (χ0n) is 29.9. The van der Waals surface area contributed by atoms with Crippen LogP contribution in [0.4, 0.5) is 17.1 Å². The molecule has 0 amide bonds. The number of rotatable bonds is 4. The second kappa shape index (κ2) is 10.8. The van der Waals surface area contributed by atoms with Gasteiger partial charge in [-0.05, 0) is 149 Å². The largest absolute Gasteiger partial charge is 0.310 e. The minimum absolute atomic E-state index is 0.138. The maximum atomic E-state index is 2.62. The molecule has 13 rings (SSSR count). The number of benzene rings is 6. The summed E-state index contributed by atoms with van der Waals surface area (Å²) >= 11 is 0. The highest BCUT2D eigenvalue weighted by Crippen LogP contribution is 2.70. The summed E-state index contributed by atoms with van der Waals surface area (Å²) in [6, 6.07) is 54.0. The molecular weight excluding hydrogens is 627 g/mol. The van der Waals surface area contributed by atoms with E-state index in [1.807, 2.05) is 0 Å². The Hall–Kier alpha value is -4.88. The highest BCUT2D eigenvalue weighted by molar-refractivity contribution is 5.97. The summed E-state index contributed by atoms with van der Waals surface area (Å²) in [6.07, 6.45) is 12.2. The highest BCUT2D eigenvalue weighted by atomic mass is 15.1. The Morgan fingerprint density at radius 2 is 1.06 bits per heavy atom. The lowest BCUT2D eigenvalue weighted by molar-refractivity contribution is -0.0399. The molecule has 6 aromatic rings. The fourth-order valence-corrected chi connectivity index (χ4v) is 13.4. The van der Waals surface area contributed by atoms with E-state index in [0.29, 0.717) is 0 Å². The summed E-state index contributed by atoms with van der Waals surface area (Å²) in [5, 5.41) is 0. The Bertz CT molecular complexity index is 2360. The van der Waals surface area contributed by atoms with E-state index in [-0.39, 0.29) is 10.8 Å². The van der Waals surface area contributed by atoms with Crippen molar-refractivity contribution in [2.24, 2.45) is 23.7 Å². The zero-order chi connectivity index (χ0) is 34.0. The van der Waals surface area contributed by atoms with Gasteiger partial charge in [0, 0.05) is 27.8 Å². The van der Waals surface area contributed by atoms with Crippen LogP contribution in [0.1, 0.15) is 80.0 Å². The van der Waals surface area contributed by atoms with Gasteiger partial charge in [0.25, 0.3) is 0 Å². The van der Waals surface area contributed by atoms with Crippen LogP contribution in [0.2, 0.25) is 0 Å². The van der Waals surface area contributed by atoms with Crippen molar-refractivity contribution in [1.82, 2.24) is 0 Å². The van der Waals surface area contributed by atoms with Gasteiger partial charge in [0.05, 0.1) is 5.69 Å². The summed E-state index contributed by atoms with van der Waals surface area (Å²) in [5.41, 5.74) is 18.8. The molecule has 1 heteroatoms. The maximum absolute atomic E-state index is 2.62. The Labute approximate surface area is 308 Å². The molecule has 0 N–H and O–H groups in total. The van der Waals surface area contributed by atoms with E-state index >= 15 is 0 Å². The van der Waals surface area contributed by atoms with E-state index in [2.05, 4.69) is 144 Å². The van der Waals surface area contributed by atoms with Crippen LogP contribution in [0.3, 0.4) is 0 Å². The van der Waals surface area contributed by atoms with Crippen molar-refractivity contribution in [3.8, 4) is 33.4 Å². The second-order valence-corrected chi connectivity index (χ2v) is 17.2. The molecule has 0 aromatic heterocycles. The van der Waals surface area contributed by atoms with E-state index in [1.54, 1.807) is 22.3 Å². The standard InChI is InChI=1S/C51H45N/c1-2-12-35(13-3-1)36-14-10-15-39(31-36)52(40-22-23-45-43(32-40)41-16-4-6-18-44(41)50(45)24-8-9-25-50)48-21-11-20-47-49(48)42-17-5-7-19-46(42)51(47)37-27-33-26-34(29-37)30-38(51)28-33/h1-7,10-23,31-34,37-38H,8-9,24-30H2. The van der Waals surface area contributed by atoms with Gasteiger partial charge in [-0.1, -0.05) is 122 Å². The van der Waals surface area contributed by atoms with E-state index in [4.69, 9.17) is 0 Å². The summed E-state index contributed by atoms with van der Waals surface area (Å²) in [7, 11) is 0. The first kappa shape index (κ1) is 29.7. The number of hydrogen-bond donors (Lipinski definition) is 0. The van der Waals surface area contributed by atoms with Gasteiger partial charge in [0.15, 0.2) is 0 Å². The summed E-state index contributed by atoms with van der Waals surface area (Å²) in [6.45, 7) is 0. The normalized spacial score (nSPS) is 26.4. The SMILES string of the molecule is c1ccc(-c2cccc(N(c3ccc4c(c3)-c3ccccc3C43CCCC3)c3cccc4c3-c3ccccc3C43C4CC5CC(C4)CC3C5)c2)cc1. The van der Waals surface area contributed by atoms with Crippen LogP contribution in [0.15, 0.2) is 140 Å². The number of hydrogen-bond acceptors (Lipinski definition) is 1. The quantitative estimate of drug-likeness (QED) is 0.180. The van der Waals surface area contributed by atoms with Gasteiger partial charge in [0.2, 0.25) is 0 Å². The van der Waals surface area contributed by atoms with Crippen molar-refractivity contribution in [1.29, 1.82) is 0 Å². The van der Waals surface area contributed by atoms with Crippen molar-refractivity contribution in [2.75, 3.05) is 4.90 Å². The second-order valence-electron chi connectivity index (χ2n) is 17.2. The van der Waals surface area contributed by atoms with Gasteiger partial charge in [-0.25, -0.2) is 0 Å². The fourth-order valence-electron chi connectivity index (χ4n) is 13.4. The summed E-state index contributed by atoms with van der Waals surface area (Å²) in [5.74, 6) is 3.36. The molecule has 1 nitrogen and oxygen atoms in total. The molecule has 5 fully saturated rings. The molecule has 6 aromatic carbocycles. The summed E-state index contributed by atoms with van der Waals surface area (Å²) in [4.78, 5) is 2.62. The van der Waals surface area contributed by atoms with Crippen molar-refractivity contribution in [2.45, 2.75) is 68.6 Å². The average molecular weight is 672 g/mol. The third-order valence-corrected chi connectivity index (χ3v) is 15.0. The van der Waals surface area contributed by atoms with Crippen LogP contribution < -0.4 is 4.90 Å². The van der Waals surface area contributed by atoms with Crippen LogP contribution in [0.5, 0.6) is 0 Å². The Morgan fingerprint density at radius 1 is 0.442 bits per heavy atom. The summed E-state index contributed by atoms with van der Waals surface area (Å²) < 4.78 is 0.